The fourth-order valence-electron chi connectivity index (χ4n) is 0.377. The molecule has 0 spiro atoms. The fraction of sp³-hybridized carbons (Fsp3) is 0.333. The van der Waals surface area contributed by atoms with Gasteiger partial charge in [-0.05, 0) is 19.4 Å². The molecule has 2 N–H and O–H groups in total. The van der Waals surface area contributed by atoms with Crippen molar-refractivity contribution in [3.63, 3.8) is 0 Å². The smallest absolute Gasteiger partial charge is 0.405 e. The minimum atomic E-state index is -4.43. The summed E-state index contributed by atoms with van der Waals surface area (Å²) in [5, 5.41) is 0. The molecule has 0 atom stereocenters. The number of phosphoric ester groups is 1. The number of hydrogen-bond donors (Lipinski definition) is 2. The van der Waals surface area contributed by atoms with Gasteiger partial charge in [0, 0.05) is 0 Å². The summed E-state index contributed by atoms with van der Waals surface area (Å²) in [4.78, 5) is 16.7. The second-order valence-electron chi connectivity index (χ2n) is 1.98. The molecule has 0 fully saturated rings. The molecule has 0 unspecified atom stereocenters. The topological polar surface area (TPSA) is 66.8 Å². The van der Waals surface area contributed by atoms with Crippen molar-refractivity contribution in [2.75, 3.05) is 0 Å². The minimum absolute atomic E-state index is 0.000772. The number of allylic oxidation sites excluding steroid dienone is 2. The van der Waals surface area contributed by atoms with Crippen molar-refractivity contribution in [3.8, 4) is 0 Å². The summed E-state index contributed by atoms with van der Waals surface area (Å²) in [6.07, 6.45) is 1.65. The molecular weight excluding hydrogens is 167 g/mol. The van der Waals surface area contributed by atoms with Crippen molar-refractivity contribution in [1.29, 1.82) is 0 Å². The maximum atomic E-state index is 10.2. The molecule has 0 bridgehead atoms. The van der Waals surface area contributed by atoms with Crippen molar-refractivity contribution < 1.29 is 18.9 Å². The Morgan fingerprint density at radius 1 is 1.64 bits per heavy atom. The SMILES string of the molecule is C=C(OP(=O)(O)O)C(C)=CC. The van der Waals surface area contributed by atoms with Crippen LogP contribution in [0, 0.1) is 0 Å². The summed E-state index contributed by atoms with van der Waals surface area (Å²) in [5.41, 5.74) is 0.605. The van der Waals surface area contributed by atoms with Gasteiger partial charge in [-0.3, -0.25) is 9.79 Å². The molecule has 0 aromatic heterocycles. The van der Waals surface area contributed by atoms with E-state index >= 15 is 0 Å². The highest BCUT2D eigenvalue weighted by Gasteiger charge is 2.16. The zero-order chi connectivity index (χ0) is 9.07. The van der Waals surface area contributed by atoms with Crippen LogP contribution in [0.25, 0.3) is 0 Å². The predicted octanol–water partition coefficient (Wildman–Crippen LogP) is 1.58. The number of phosphoric acid groups is 1. The van der Waals surface area contributed by atoms with E-state index in [1.54, 1.807) is 19.9 Å². The first-order valence-corrected chi connectivity index (χ1v) is 4.47. The van der Waals surface area contributed by atoms with Gasteiger partial charge in [0.2, 0.25) is 0 Å². The van der Waals surface area contributed by atoms with Crippen LogP contribution in [0.15, 0.2) is 24.0 Å². The molecule has 0 amide bonds. The maximum absolute atomic E-state index is 10.2. The molecule has 0 heterocycles. The van der Waals surface area contributed by atoms with Crippen LogP contribution in [0.4, 0.5) is 0 Å². The molecule has 0 aliphatic carbocycles. The first kappa shape index (κ1) is 10.4. The van der Waals surface area contributed by atoms with Gasteiger partial charge in [-0.15, -0.1) is 0 Å². The van der Waals surface area contributed by atoms with Crippen LogP contribution >= 0.6 is 7.82 Å². The first-order valence-electron chi connectivity index (χ1n) is 2.94. The quantitative estimate of drug-likeness (QED) is 0.391. The van der Waals surface area contributed by atoms with Gasteiger partial charge >= 0.3 is 7.82 Å². The van der Waals surface area contributed by atoms with E-state index in [2.05, 4.69) is 11.1 Å². The Hall–Kier alpha value is -0.570. The third-order valence-electron chi connectivity index (χ3n) is 1.10. The summed E-state index contributed by atoms with van der Waals surface area (Å²) in [6.45, 7) is 6.70. The van der Waals surface area contributed by atoms with Crippen LogP contribution in [0.3, 0.4) is 0 Å². The highest BCUT2D eigenvalue weighted by atomic mass is 31.2. The first-order chi connectivity index (χ1) is 4.87. The summed E-state index contributed by atoms with van der Waals surface area (Å²) in [7, 11) is -4.43. The summed E-state index contributed by atoms with van der Waals surface area (Å²) in [6, 6.07) is 0. The lowest BCUT2D eigenvalue weighted by Gasteiger charge is -2.08. The van der Waals surface area contributed by atoms with Gasteiger partial charge in [-0.2, -0.15) is 0 Å². The van der Waals surface area contributed by atoms with Crippen molar-refractivity contribution in [2.45, 2.75) is 13.8 Å². The van der Waals surface area contributed by atoms with E-state index in [1.807, 2.05) is 0 Å². The van der Waals surface area contributed by atoms with Gasteiger partial charge in [-0.1, -0.05) is 12.7 Å². The molecule has 11 heavy (non-hydrogen) atoms. The normalized spacial score (nSPS) is 12.9. The van der Waals surface area contributed by atoms with Crippen molar-refractivity contribution in [3.05, 3.63) is 24.0 Å². The molecule has 0 saturated carbocycles. The maximum Gasteiger partial charge on any atom is 0.524 e. The van der Waals surface area contributed by atoms with Crippen LogP contribution in [-0.4, -0.2) is 9.79 Å². The van der Waals surface area contributed by atoms with Crippen LogP contribution in [-0.2, 0) is 9.09 Å². The van der Waals surface area contributed by atoms with Gasteiger partial charge in [0.1, 0.15) is 5.76 Å². The Morgan fingerprint density at radius 2 is 2.09 bits per heavy atom. The van der Waals surface area contributed by atoms with E-state index in [1.165, 1.54) is 0 Å². The highest BCUT2D eigenvalue weighted by molar-refractivity contribution is 7.46. The lowest BCUT2D eigenvalue weighted by Crippen LogP contribution is -1.89. The Balaban J connectivity index is 4.22. The van der Waals surface area contributed by atoms with Gasteiger partial charge < -0.3 is 4.52 Å². The van der Waals surface area contributed by atoms with Crippen LogP contribution in [0.2, 0.25) is 0 Å². The predicted molar refractivity (Wildman–Crippen MR) is 41.7 cm³/mol. The van der Waals surface area contributed by atoms with Crippen LogP contribution in [0.5, 0.6) is 0 Å². The zero-order valence-corrected chi connectivity index (χ0v) is 7.34. The fourth-order valence-corrected chi connectivity index (χ4v) is 0.808. The van der Waals surface area contributed by atoms with Crippen molar-refractivity contribution >= 4 is 7.82 Å². The third-order valence-corrected chi connectivity index (χ3v) is 1.56. The summed E-state index contributed by atoms with van der Waals surface area (Å²) >= 11 is 0. The van der Waals surface area contributed by atoms with Crippen molar-refractivity contribution in [1.82, 2.24) is 0 Å². The summed E-state index contributed by atoms with van der Waals surface area (Å²) < 4.78 is 14.4. The second kappa shape index (κ2) is 3.72. The number of rotatable bonds is 3. The van der Waals surface area contributed by atoms with E-state index in [9.17, 15) is 4.57 Å². The molecule has 4 nitrogen and oxygen atoms in total. The van der Waals surface area contributed by atoms with E-state index in [-0.39, 0.29) is 5.76 Å². The molecular formula is C6H11O4P. The standard InChI is InChI=1S/C6H11O4P/c1-4-5(2)6(3)10-11(7,8)9/h4H,3H2,1-2H3,(H2,7,8,9). The monoisotopic (exact) mass is 178 g/mol. The highest BCUT2D eigenvalue weighted by Crippen LogP contribution is 2.39. The minimum Gasteiger partial charge on any atom is -0.405 e. The third kappa shape index (κ3) is 4.79. The van der Waals surface area contributed by atoms with E-state index in [4.69, 9.17) is 9.79 Å². The van der Waals surface area contributed by atoms with Gasteiger partial charge in [0.05, 0.1) is 0 Å². The molecule has 5 heteroatoms. The van der Waals surface area contributed by atoms with Gasteiger partial charge in [0.15, 0.2) is 0 Å². The molecule has 0 radical (unpaired) electrons. The Kier molecular flexibility index (Phi) is 3.52. The zero-order valence-electron chi connectivity index (χ0n) is 6.44. The van der Waals surface area contributed by atoms with Gasteiger partial charge in [-0.25, -0.2) is 4.57 Å². The Labute approximate surface area is 65.4 Å². The molecule has 0 aromatic rings. The molecule has 0 aliphatic heterocycles. The molecule has 0 aliphatic rings. The molecule has 0 saturated heterocycles. The molecule has 0 aromatic carbocycles. The van der Waals surface area contributed by atoms with Crippen molar-refractivity contribution in [2.24, 2.45) is 0 Å². The van der Waals surface area contributed by atoms with E-state index in [0.717, 1.165) is 0 Å². The second-order valence-corrected chi connectivity index (χ2v) is 3.14. The average Bonchev–Trinajstić information content (AvgIpc) is 1.82. The number of hydrogen-bond acceptors (Lipinski definition) is 2. The average molecular weight is 178 g/mol. The Bertz CT molecular complexity index is 225. The largest absolute Gasteiger partial charge is 0.524 e. The molecule has 64 valence electrons. The van der Waals surface area contributed by atoms with Crippen LogP contribution < -0.4 is 0 Å². The lowest BCUT2D eigenvalue weighted by molar-refractivity contribution is 0.246. The van der Waals surface area contributed by atoms with Crippen LogP contribution in [0.1, 0.15) is 13.8 Å². The van der Waals surface area contributed by atoms with E-state index < -0.39 is 7.82 Å². The van der Waals surface area contributed by atoms with Gasteiger partial charge in [0.25, 0.3) is 0 Å². The Morgan fingerprint density at radius 3 is 2.36 bits per heavy atom. The molecule has 0 rings (SSSR count). The van der Waals surface area contributed by atoms with E-state index in [0.29, 0.717) is 5.57 Å². The lowest BCUT2D eigenvalue weighted by atomic mass is 10.3. The summed E-state index contributed by atoms with van der Waals surface area (Å²) in [5.74, 6) is 0.000772.